The first-order valence-corrected chi connectivity index (χ1v) is 8.95. The molecule has 3 aromatic rings. The van der Waals surface area contributed by atoms with Gasteiger partial charge >= 0.3 is 0 Å². The van der Waals surface area contributed by atoms with E-state index in [1.54, 1.807) is 25.6 Å². The number of nitrogens with one attached hydrogen (secondary N) is 1. The van der Waals surface area contributed by atoms with E-state index in [1.165, 1.54) is 0 Å². The largest absolute Gasteiger partial charge is 0.497 e. The standard InChI is InChI=1S/C21H24N4O2/c1-15(2)13-25(14-16-8-10-22-11-9-16)21(26)20-12-19(23-24-20)17-4-6-18(27-3)7-5-17/h4-12,15H,13-14H2,1-3H3,(H,23,24). The Hall–Kier alpha value is -3.15. The summed E-state index contributed by atoms with van der Waals surface area (Å²) in [5, 5.41) is 7.20. The Morgan fingerprint density at radius 1 is 1.15 bits per heavy atom. The number of aromatic amines is 1. The number of hydrogen-bond acceptors (Lipinski definition) is 4. The minimum absolute atomic E-state index is 0.0622. The van der Waals surface area contributed by atoms with Gasteiger partial charge < -0.3 is 9.64 Å². The Kier molecular flexibility index (Phi) is 5.86. The molecule has 0 atom stereocenters. The first-order valence-electron chi connectivity index (χ1n) is 8.95. The molecule has 0 saturated heterocycles. The zero-order valence-corrected chi connectivity index (χ0v) is 15.8. The third-order valence-electron chi connectivity index (χ3n) is 4.19. The Morgan fingerprint density at radius 3 is 2.48 bits per heavy atom. The third kappa shape index (κ3) is 4.73. The number of carbonyl (C=O) groups excluding carboxylic acids is 1. The molecular formula is C21H24N4O2. The van der Waals surface area contributed by atoms with Crippen LogP contribution in [0.1, 0.15) is 29.9 Å². The van der Waals surface area contributed by atoms with Crippen LogP contribution in [0.4, 0.5) is 0 Å². The monoisotopic (exact) mass is 364 g/mol. The Labute approximate surface area is 159 Å². The van der Waals surface area contributed by atoms with Crippen LogP contribution < -0.4 is 4.74 Å². The summed E-state index contributed by atoms with van der Waals surface area (Å²) in [6.07, 6.45) is 3.48. The molecule has 2 heterocycles. The summed E-state index contributed by atoms with van der Waals surface area (Å²) in [5.74, 6) is 1.08. The maximum Gasteiger partial charge on any atom is 0.272 e. The highest BCUT2D eigenvalue weighted by Gasteiger charge is 2.20. The summed E-state index contributed by atoms with van der Waals surface area (Å²) in [7, 11) is 1.63. The summed E-state index contributed by atoms with van der Waals surface area (Å²) < 4.78 is 5.18. The molecule has 2 aromatic heterocycles. The number of pyridine rings is 1. The zero-order chi connectivity index (χ0) is 19.2. The predicted molar refractivity (Wildman–Crippen MR) is 104 cm³/mol. The summed E-state index contributed by atoms with van der Waals surface area (Å²) in [5.41, 5.74) is 3.19. The summed E-state index contributed by atoms with van der Waals surface area (Å²) in [4.78, 5) is 18.9. The summed E-state index contributed by atoms with van der Waals surface area (Å²) in [6.45, 7) is 5.40. The topological polar surface area (TPSA) is 71.1 Å². The van der Waals surface area contributed by atoms with Crippen LogP contribution in [-0.2, 0) is 6.54 Å². The molecule has 0 aliphatic carbocycles. The number of H-pyrrole nitrogens is 1. The number of rotatable bonds is 7. The van der Waals surface area contributed by atoms with Crippen LogP contribution in [0, 0.1) is 5.92 Å². The average molecular weight is 364 g/mol. The van der Waals surface area contributed by atoms with E-state index in [2.05, 4.69) is 29.0 Å². The molecule has 0 fully saturated rings. The summed E-state index contributed by atoms with van der Waals surface area (Å²) >= 11 is 0. The molecule has 0 aliphatic heterocycles. The molecular weight excluding hydrogens is 340 g/mol. The van der Waals surface area contributed by atoms with Crippen molar-refractivity contribution in [2.45, 2.75) is 20.4 Å². The molecule has 1 amide bonds. The van der Waals surface area contributed by atoms with Crippen molar-refractivity contribution in [3.8, 4) is 17.0 Å². The van der Waals surface area contributed by atoms with E-state index >= 15 is 0 Å². The minimum atomic E-state index is -0.0622. The normalized spacial score (nSPS) is 10.8. The van der Waals surface area contributed by atoms with Crippen LogP contribution in [0.2, 0.25) is 0 Å². The van der Waals surface area contributed by atoms with Crippen LogP contribution in [-0.4, -0.2) is 39.6 Å². The number of benzene rings is 1. The molecule has 1 aromatic carbocycles. The van der Waals surface area contributed by atoms with Gasteiger partial charge in [-0.15, -0.1) is 0 Å². The van der Waals surface area contributed by atoms with Gasteiger partial charge in [0.1, 0.15) is 11.4 Å². The third-order valence-corrected chi connectivity index (χ3v) is 4.19. The van der Waals surface area contributed by atoms with E-state index in [4.69, 9.17) is 4.74 Å². The lowest BCUT2D eigenvalue weighted by atomic mass is 10.1. The van der Waals surface area contributed by atoms with Gasteiger partial charge in [-0.3, -0.25) is 14.9 Å². The number of hydrogen-bond donors (Lipinski definition) is 1. The fraction of sp³-hybridized carbons (Fsp3) is 0.286. The molecule has 3 rings (SSSR count). The molecule has 1 N–H and O–H groups in total. The molecule has 6 nitrogen and oxygen atoms in total. The Bertz CT molecular complexity index is 873. The quantitative estimate of drug-likeness (QED) is 0.693. The number of nitrogens with zero attached hydrogens (tertiary/aromatic N) is 3. The van der Waals surface area contributed by atoms with Crippen LogP contribution >= 0.6 is 0 Å². The van der Waals surface area contributed by atoms with Crippen molar-refractivity contribution in [2.24, 2.45) is 5.92 Å². The molecule has 6 heteroatoms. The van der Waals surface area contributed by atoms with Gasteiger partial charge in [-0.2, -0.15) is 5.10 Å². The average Bonchev–Trinajstić information content (AvgIpc) is 3.17. The second-order valence-corrected chi connectivity index (χ2v) is 6.83. The van der Waals surface area contributed by atoms with Crippen LogP contribution in [0.5, 0.6) is 5.75 Å². The van der Waals surface area contributed by atoms with E-state index in [0.717, 1.165) is 22.6 Å². The second kappa shape index (κ2) is 8.49. The molecule has 140 valence electrons. The number of aromatic nitrogens is 3. The van der Waals surface area contributed by atoms with Gasteiger partial charge in [0.2, 0.25) is 0 Å². The van der Waals surface area contributed by atoms with Crippen molar-refractivity contribution >= 4 is 5.91 Å². The maximum atomic E-state index is 13.0. The molecule has 0 saturated carbocycles. The number of ether oxygens (including phenoxy) is 1. The van der Waals surface area contributed by atoms with Crippen LogP contribution in [0.15, 0.2) is 54.9 Å². The van der Waals surface area contributed by atoms with Crippen molar-refractivity contribution in [3.63, 3.8) is 0 Å². The Balaban J connectivity index is 1.80. The molecule has 27 heavy (non-hydrogen) atoms. The molecule has 0 bridgehead atoms. The number of methoxy groups -OCH3 is 1. The highest BCUT2D eigenvalue weighted by Crippen LogP contribution is 2.22. The summed E-state index contributed by atoms with van der Waals surface area (Å²) in [6, 6.07) is 13.2. The zero-order valence-electron chi connectivity index (χ0n) is 15.8. The van der Waals surface area contributed by atoms with Gasteiger partial charge in [0.05, 0.1) is 12.8 Å². The van der Waals surface area contributed by atoms with Gasteiger partial charge in [0, 0.05) is 31.0 Å². The highest BCUT2D eigenvalue weighted by molar-refractivity contribution is 5.93. The van der Waals surface area contributed by atoms with Crippen LogP contribution in [0.3, 0.4) is 0 Å². The fourth-order valence-corrected chi connectivity index (χ4v) is 2.88. The lowest BCUT2D eigenvalue weighted by Crippen LogP contribution is -2.34. The Morgan fingerprint density at radius 2 is 1.85 bits per heavy atom. The fourth-order valence-electron chi connectivity index (χ4n) is 2.88. The smallest absolute Gasteiger partial charge is 0.272 e. The van der Waals surface area contributed by atoms with Gasteiger partial charge in [-0.05, 0) is 53.9 Å². The molecule has 0 radical (unpaired) electrons. The van der Waals surface area contributed by atoms with Gasteiger partial charge in [0.25, 0.3) is 5.91 Å². The maximum absolute atomic E-state index is 13.0. The molecule has 0 unspecified atom stereocenters. The lowest BCUT2D eigenvalue weighted by Gasteiger charge is -2.24. The van der Waals surface area contributed by atoms with Crippen molar-refractivity contribution < 1.29 is 9.53 Å². The van der Waals surface area contributed by atoms with Crippen molar-refractivity contribution in [2.75, 3.05) is 13.7 Å². The van der Waals surface area contributed by atoms with E-state index < -0.39 is 0 Å². The first kappa shape index (κ1) is 18.6. The number of carbonyl (C=O) groups is 1. The van der Waals surface area contributed by atoms with E-state index in [0.29, 0.717) is 24.7 Å². The minimum Gasteiger partial charge on any atom is -0.497 e. The predicted octanol–water partition coefficient (Wildman–Crippen LogP) is 3.78. The van der Waals surface area contributed by atoms with E-state index in [9.17, 15) is 4.79 Å². The van der Waals surface area contributed by atoms with Gasteiger partial charge in [-0.25, -0.2) is 0 Å². The van der Waals surface area contributed by atoms with Gasteiger partial charge in [-0.1, -0.05) is 13.8 Å². The molecule has 0 aliphatic rings. The highest BCUT2D eigenvalue weighted by atomic mass is 16.5. The van der Waals surface area contributed by atoms with Crippen molar-refractivity contribution in [3.05, 3.63) is 66.1 Å². The van der Waals surface area contributed by atoms with E-state index in [1.807, 2.05) is 41.3 Å². The SMILES string of the molecule is COc1ccc(-c2cc(C(=O)N(Cc3ccncc3)CC(C)C)[nH]n2)cc1. The van der Waals surface area contributed by atoms with E-state index in [-0.39, 0.29) is 5.91 Å². The lowest BCUT2D eigenvalue weighted by molar-refractivity contribution is 0.0716. The van der Waals surface area contributed by atoms with Gasteiger partial charge in [0.15, 0.2) is 0 Å². The van der Waals surface area contributed by atoms with Crippen molar-refractivity contribution in [1.82, 2.24) is 20.1 Å². The number of amides is 1. The van der Waals surface area contributed by atoms with Crippen LogP contribution in [0.25, 0.3) is 11.3 Å². The molecule has 0 spiro atoms. The van der Waals surface area contributed by atoms with Crippen molar-refractivity contribution in [1.29, 1.82) is 0 Å². The first-order chi connectivity index (χ1) is 13.1. The second-order valence-electron chi connectivity index (χ2n) is 6.83.